The molecule has 3 aliphatic heterocycles. The maximum Gasteiger partial charge on any atom is 0.101 e. The van der Waals surface area contributed by atoms with Crippen molar-refractivity contribution in [1.82, 2.24) is 9.47 Å². The first kappa shape index (κ1) is 18.4. The van der Waals surface area contributed by atoms with E-state index in [1.807, 2.05) is 25.3 Å². The highest BCUT2D eigenvalue weighted by Gasteiger charge is 2.42. The van der Waals surface area contributed by atoms with Gasteiger partial charge in [-0.2, -0.15) is 0 Å². The molecule has 3 aliphatic rings. The van der Waals surface area contributed by atoms with Gasteiger partial charge in [0.2, 0.25) is 0 Å². The number of hydrogen-bond acceptors (Lipinski definition) is 3. The fourth-order valence-corrected chi connectivity index (χ4v) is 6.04. The fourth-order valence-electron chi connectivity index (χ4n) is 5.76. The van der Waals surface area contributed by atoms with E-state index in [0.29, 0.717) is 18.6 Å². The van der Waals surface area contributed by atoms with Crippen molar-refractivity contribution in [3.8, 4) is 0 Å². The van der Waals surface area contributed by atoms with E-state index in [0.717, 1.165) is 29.1 Å². The number of benzene rings is 1. The highest BCUT2D eigenvalue weighted by Crippen LogP contribution is 2.48. The first-order valence-electron chi connectivity index (χ1n) is 10.3. The molecule has 1 aromatic heterocycles. The number of allylic oxidation sites excluding steroid dienone is 1. The largest absolute Gasteiger partial charge is 0.384 e. The summed E-state index contributed by atoms with van der Waals surface area (Å²) in [7, 11) is 2.25. The lowest BCUT2D eigenvalue weighted by Gasteiger charge is -2.35. The number of aliphatic imine (C=N–C) groups is 1. The lowest BCUT2D eigenvalue weighted by atomic mass is 9.84. The second-order valence-electron chi connectivity index (χ2n) is 9.01. The average Bonchev–Trinajstić information content (AvgIpc) is 3.07. The van der Waals surface area contributed by atoms with Crippen LogP contribution < -0.4 is 0 Å². The quantitative estimate of drug-likeness (QED) is 0.834. The Balaban J connectivity index is 1.67. The highest BCUT2D eigenvalue weighted by atomic mass is 35.5. The summed E-state index contributed by atoms with van der Waals surface area (Å²) in [5.74, 6) is 0.246. The predicted molar refractivity (Wildman–Crippen MR) is 115 cm³/mol. The molecule has 0 aliphatic carbocycles. The van der Waals surface area contributed by atoms with Crippen molar-refractivity contribution in [2.45, 2.75) is 57.3 Å². The molecule has 1 fully saturated rings. The molecule has 5 heteroatoms. The molecule has 1 N–H and O–H groups in total. The molecule has 4 heterocycles. The van der Waals surface area contributed by atoms with Crippen molar-refractivity contribution in [3.63, 3.8) is 0 Å². The minimum atomic E-state index is -0.937. The predicted octanol–water partition coefficient (Wildman–Crippen LogP) is 4.38. The number of fused-ring (bicyclic) bond motifs is 6. The summed E-state index contributed by atoms with van der Waals surface area (Å²) >= 11 is 6.71. The van der Waals surface area contributed by atoms with Crippen LogP contribution in [0.3, 0.4) is 0 Å². The SMILES string of the molecule is CC1CN=CC=C1C(C)(O)Cn1c2c(c3cccc(Cl)c31)C1CCC(C2)N1C. The summed E-state index contributed by atoms with van der Waals surface area (Å²) in [6, 6.07) is 7.27. The van der Waals surface area contributed by atoms with E-state index in [9.17, 15) is 5.11 Å². The number of dihydropyridines is 1. The van der Waals surface area contributed by atoms with Gasteiger partial charge in [0, 0.05) is 42.3 Å². The second kappa shape index (κ2) is 6.45. The van der Waals surface area contributed by atoms with Crippen LogP contribution >= 0.6 is 11.6 Å². The number of halogens is 1. The maximum absolute atomic E-state index is 11.5. The molecule has 4 atom stereocenters. The number of aliphatic hydroxyl groups is 1. The third kappa shape index (κ3) is 2.62. The Morgan fingerprint density at radius 2 is 2.14 bits per heavy atom. The van der Waals surface area contributed by atoms with Crippen molar-refractivity contribution >= 4 is 28.7 Å². The number of likely N-dealkylation sites (N-methyl/N-ethyl adjacent to an activating group) is 1. The summed E-state index contributed by atoms with van der Waals surface area (Å²) in [4.78, 5) is 6.88. The maximum atomic E-state index is 11.5. The highest BCUT2D eigenvalue weighted by molar-refractivity contribution is 6.35. The number of nitrogens with zero attached hydrogens (tertiary/aromatic N) is 3. The molecule has 4 nitrogen and oxygen atoms in total. The summed E-state index contributed by atoms with van der Waals surface area (Å²) < 4.78 is 2.32. The van der Waals surface area contributed by atoms with E-state index in [-0.39, 0.29) is 5.92 Å². The van der Waals surface area contributed by atoms with Gasteiger partial charge in [-0.15, -0.1) is 0 Å². The molecule has 0 amide bonds. The van der Waals surface area contributed by atoms with Gasteiger partial charge < -0.3 is 9.67 Å². The Bertz CT molecular complexity index is 1000. The Morgan fingerprint density at radius 3 is 2.93 bits per heavy atom. The molecule has 1 saturated heterocycles. The molecule has 0 radical (unpaired) electrons. The van der Waals surface area contributed by atoms with Crippen molar-refractivity contribution < 1.29 is 5.11 Å². The molecule has 0 saturated carbocycles. The average molecular weight is 398 g/mol. The summed E-state index contributed by atoms with van der Waals surface area (Å²) in [6.07, 6.45) is 7.29. The van der Waals surface area contributed by atoms with Crippen molar-refractivity contribution in [1.29, 1.82) is 0 Å². The van der Waals surface area contributed by atoms with Crippen LogP contribution in [-0.4, -0.2) is 46.0 Å². The molecule has 148 valence electrons. The summed E-state index contributed by atoms with van der Waals surface area (Å²) in [5, 5.41) is 13.6. The van der Waals surface area contributed by atoms with Crippen LogP contribution in [-0.2, 0) is 13.0 Å². The lowest BCUT2D eigenvalue weighted by molar-refractivity contribution is 0.0694. The second-order valence-corrected chi connectivity index (χ2v) is 9.42. The van der Waals surface area contributed by atoms with Gasteiger partial charge in [-0.3, -0.25) is 9.89 Å². The van der Waals surface area contributed by atoms with Crippen LogP contribution in [0.15, 0.2) is 34.8 Å². The van der Waals surface area contributed by atoms with E-state index in [1.165, 1.54) is 29.5 Å². The van der Waals surface area contributed by atoms with E-state index < -0.39 is 5.60 Å². The van der Waals surface area contributed by atoms with Crippen LogP contribution in [0.1, 0.15) is 44.0 Å². The minimum Gasteiger partial charge on any atom is -0.384 e. The van der Waals surface area contributed by atoms with Crippen LogP contribution in [0.25, 0.3) is 10.9 Å². The number of para-hydroxylation sites is 1. The topological polar surface area (TPSA) is 40.8 Å². The van der Waals surface area contributed by atoms with Crippen molar-refractivity contribution in [3.05, 3.63) is 46.1 Å². The zero-order chi connectivity index (χ0) is 19.6. The van der Waals surface area contributed by atoms with Gasteiger partial charge in [-0.05, 0) is 56.0 Å². The molecule has 4 unspecified atom stereocenters. The Hall–Kier alpha value is -1.62. The van der Waals surface area contributed by atoms with Gasteiger partial charge in [0.1, 0.15) is 5.60 Å². The van der Waals surface area contributed by atoms with E-state index >= 15 is 0 Å². The standard InChI is InChI=1S/C23H28ClN3O/c1-14-12-25-10-9-17(14)23(2,28)13-27-20-11-15-7-8-19(26(15)3)21(20)16-5-4-6-18(24)22(16)27/h4-6,9-10,14-15,19,28H,7-8,11-13H2,1-3H3. The molecule has 1 aromatic carbocycles. The monoisotopic (exact) mass is 397 g/mol. The molecule has 5 rings (SSSR count). The molecule has 0 spiro atoms. The summed E-state index contributed by atoms with van der Waals surface area (Å²) in [5.41, 5.74) is 3.99. The van der Waals surface area contributed by atoms with Gasteiger partial charge in [0.05, 0.1) is 17.1 Å². The zero-order valence-corrected chi connectivity index (χ0v) is 17.6. The first-order chi connectivity index (χ1) is 13.4. The van der Waals surface area contributed by atoms with E-state index in [1.54, 1.807) is 0 Å². The van der Waals surface area contributed by atoms with Crippen LogP contribution in [0.2, 0.25) is 5.02 Å². The number of aromatic nitrogens is 1. The minimum absolute atomic E-state index is 0.246. The van der Waals surface area contributed by atoms with Crippen LogP contribution in [0.4, 0.5) is 0 Å². The molecular weight excluding hydrogens is 370 g/mol. The third-order valence-corrected chi connectivity index (χ3v) is 7.45. The third-order valence-electron chi connectivity index (χ3n) is 7.14. The Labute approximate surface area is 171 Å². The van der Waals surface area contributed by atoms with Gasteiger partial charge in [-0.1, -0.05) is 30.7 Å². The van der Waals surface area contributed by atoms with Gasteiger partial charge in [-0.25, -0.2) is 0 Å². The van der Waals surface area contributed by atoms with E-state index in [4.69, 9.17) is 11.6 Å². The van der Waals surface area contributed by atoms with Gasteiger partial charge in [0.15, 0.2) is 0 Å². The van der Waals surface area contributed by atoms with E-state index in [2.05, 4.69) is 40.6 Å². The van der Waals surface area contributed by atoms with Gasteiger partial charge >= 0.3 is 0 Å². The zero-order valence-electron chi connectivity index (χ0n) is 16.8. The fraction of sp³-hybridized carbons (Fsp3) is 0.522. The molecular formula is C23H28ClN3O. The van der Waals surface area contributed by atoms with Gasteiger partial charge in [0.25, 0.3) is 0 Å². The smallest absolute Gasteiger partial charge is 0.101 e. The lowest BCUT2D eigenvalue weighted by Crippen LogP contribution is -2.39. The summed E-state index contributed by atoms with van der Waals surface area (Å²) in [6.45, 7) is 5.34. The Kier molecular flexibility index (Phi) is 4.24. The normalized spacial score (nSPS) is 29.0. The molecule has 2 aromatic rings. The first-order valence-corrected chi connectivity index (χ1v) is 10.7. The number of rotatable bonds is 3. The molecule has 2 bridgehead atoms. The van der Waals surface area contributed by atoms with Crippen molar-refractivity contribution in [2.75, 3.05) is 13.6 Å². The number of hydrogen-bond donors (Lipinski definition) is 1. The van der Waals surface area contributed by atoms with Crippen LogP contribution in [0.5, 0.6) is 0 Å². The molecule has 28 heavy (non-hydrogen) atoms. The Morgan fingerprint density at radius 1 is 1.32 bits per heavy atom. The van der Waals surface area contributed by atoms with Crippen LogP contribution in [0, 0.1) is 5.92 Å². The van der Waals surface area contributed by atoms with Crippen molar-refractivity contribution in [2.24, 2.45) is 10.9 Å².